The number of aromatic nitrogens is 2. The zero-order valence-corrected chi connectivity index (χ0v) is 12.6. The van der Waals surface area contributed by atoms with Crippen molar-refractivity contribution in [3.63, 3.8) is 0 Å². The quantitative estimate of drug-likeness (QED) is 0.714. The standard InChI is InChI=1S/C13H12N4O5S/c14-10(18)4-15-11(19)5-23-13-17-16-12(22-13)7-1-2-8-9(3-7)21-6-20-8/h1-3H,4-6H2,(H2,14,18)(H,15,19). The molecule has 0 unspecified atom stereocenters. The maximum atomic E-state index is 11.5. The molecule has 23 heavy (non-hydrogen) atoms. The summed E-state index contributed by atoms with van der Waals surface area (Å²) in [5.41, 5.74) is 5.62. The largest absolute Gasteiger partial charge is 0.454 e. The number of thioether (sulfide) groups is 1. The number of amides is 2. The number of rotatable bonds is 6. The summed E-state index contributed by atoms with van der Waals surface area (Å²) in [5.74, 6) is 0.664. The van der Waals surface area contributed by atoms with Gasteiger partial charge < -0.3 is 24.9 Å². The van der Waals surface area contributed by atoms with Crippen LogP contribution in [0.25, 0.3) is 11.5 Å². The smallest absolute Gasteiger partial charge is 0.277 e. The Hall–Kier alpha value is -2.75. The van der Waals surface area contributed by atoms with Crippen molar-refractivity contribution < 1.29 is 23.5 Å². The lowest BCUT2D eigenvalue weighted by Crippen LogP contribution is -2.34. The van der Waals surface area contributed by atoms with E-state index in [0.717, 1.165) is 11.8 Å². The summed E-state index contributed by atoms with van der Waals surface area (Å²) in [6.45, 7) is -0.0180. The molecule has 2 aromatic rings. The Balaban J connectivity index is 1.60. The fourth-order valence-electron chi connectivity index (χ4n) is 1.78. The predicted molar refractivity (Wildman–Crippen MR) is 78.8 cm³/mol. The molecule has 0 spiro atoms. The molecule has 1 aromatic heterocycles. The maximum Gasteiger partial charge on any atom is 0.277 e. The first-order chi connectivity index (χ1) is 11.1. The molecule has 3 N–H and O–H groups in total. The summed E-state index contributed by atoms with van der Waals surface area (Å²) in [6.07, 6.45) is 0. The molecule has 1 aliphatic heterocycles. The van der Waals surface area contributed by atoms with Crippen molar-refractivity contribution in [2.24, 2.45) is 5.73 Å². The van der Waals surface area contributed by atoms with Gasteiger partial charge in [-0.05, 0) is 18.2 Å². The first kappa shape index (κ1) is 15.2. The van der Waals surface area contributed by atoms with E-state index < -0.39 is 5.91 Å². The SMILES string of the molecule is NC(=O)CNC(=O)CSc1nnc(-c2ccc3c(c2)OCO3)o1. The fourth-order valence-corrected chi connectivity index (χ4v) is 2.37. The number of fused-ring (bicyclic) bond motifs is 1. The molecule has 0 aliphatic carbocycles. The van der Waals surface area contributed by atoms with Crippen LogP contribution < -0.4 is 20.5 Å². The van der Waals surface area contributed by atoms with Crippen LogP contribution in [0, 0.1) is 0 Å². The van der Waals surface area contributed by atoms with Crippen molar-refractivity contribution in [2.75, 3.05) is 19.1 Å². The Morgan fingerprint density at radius 1 is 1.26 bits per heavy atom. The van der Waals surface area contributed by atoms with E-state index in [1.54, 1.807) is 18.2 Å². The molecule has 1 aliphatic rings. The lowest BCUT2D eigenvalue weighted by Gasteiger charge is -2.00. The zero-order valence-electron chi connectivity index (χ0n) is 11.8. The minimum absolute atomic E-state index is 0.0378. The van der Waals surface area contributed by atoms with Gasteiger partial charge in [0.1, 0.15) is 0 Å². The molecule has 2 heterocycles. The highest BCUT2D eigenvalue weighted by Crippen LogP contribution is 2.35. The second kappa shape index (κ2) is 6.57. The van der Waals surface area contributed by atoms with Gasteiger partial charge in [-0.25, -0.2) is 0 Å². The van der Waals surface area contributed by atoms with Gasteiger partial charge in [0.05, 0.1) is 12.3 Å². The maximum absolute atomic E-state index is 11.5. The van der Waals surface area contributed by atoms with Crippen LogP contribution in [0.2, 0.25) is 0 Å². The molecule has 1 aromatic carbocycles. The molecular formula is C13H12N4O5S. The van der Waals surface area contributed by atoms with Crippen LogP contribution >= 0.6 is 11.8 Å². The molecule has 0 saturated carbocycles. The van der Waals surface area contributed by atoms with E-state index in [0.29, 0.717) is 23.0 Å². The van der Waals surface area contributed by atoms with Crippen molar-refractivity contribution >= 4 is 23.6 Å². The molecule has 0 bridgehead atoms. The Kier molecular flexibility index (Phi) is 4.33. The molecule has 120 valence electrons. The molecule has 3 rings (SSSR count). The van der Waals surface area contributed by atoms with Crippen LogP contribution in [0.4, 0.5) is 0 Å². The molecule has 0 atom stereocenters. The van der Waals surface area contributed by atoms with Gasteiger partial charge in [0, 0.05) is 5.56 Å². The highest BCUT2D eigenvalue weighted by atomic mass is 32.2. The summed E-state index contributed by atoms with van der Waals surface area (Å²) in [6, 6.07) is 5.27. The number of carbonyl (C=O) groups is 2. The third-order valence-corrected chi connectivity index (χ3v) is 3.63. The van der Waals surface area contributed by atoms with Gasteiger partial charge in [-0.3, -0.25) is 9.59 Å². The Bertz CT molecular complexity index is 748. The van der Waals surface area contributed by atoms with Gasteiger partial charge in [0.2, 0.25) is 24.5 Å². The van der Waals surface area contributed by atoms with E-state index in [9.17, 15) is 9.59 Å². The van der Waals surface area contributed by atoms with Crippen LogP contribution in [0.15, 0.2) is 27.8 Å². The summed E-state index contributed by atoms with van der Waals surface area (Å²) in [5, 5.41) is 10.4. The molecule has 10 heteroatoms. The monoisotopic (exact) mass is 336 g/mol. The Labute approximate surface area is 134 Å². The number of nitrogens with two attached hydrogens (primary N) is 1. The van der Waals surface area contributed by atoms with E-state index in [1.165, 1.54) is 0 Å². The van der Waals surface area contributed by atoms with Crippen LogP contribution in [0.5, 0.6) is 11.5 Å². The molecule has 0 fully saturated rings. The third kappa shape index (κ3) is 3.72. The Morgan fingerprint density at radius 2 is 2.09 bits per heavy atom. The molecular weight excluding hydrogens is 324 g/mol. The number of carbonyl (C=O) groups excluding carboxylic acids is 2. The number of ether oxygens (including phenoxy) is 2. The average molecular weight is 336 g/mol. The third-order valence-electron chi connectivity index (χ3n) is 2.81. The normalized spacial score (nSPS) is 12.2. The topological polar surface area (TPSA) is 130 Å². The van der Waals surface area contributed by atoms with Crippen LogP contribution in [-0.2, 0) is 9.59 Å². The highest BCUT2D eigenvalue weighted by molar-refractivity contribution is 7.99. The van der Waals surface area contributed by atoms with Crippen molar-refractivity contribution in [2.45, 2.75) is 5.22 Å². The molecule has 0 radical (unpaired) electrons. The first-order valence-electron chi connectivity index (χ1n) is 6.53. The van der Waals surface area contributed by atoms with Gasteiger partial charge in [-0.15, -0.1) is 10.2 Å². The number of hydrogen-bond donors (Lipinski definition) is 2. The summed E-state index contributed by atoms with van der Waals surface area (Å²) in [7, 11) is 0. The zero-order chi connectivity index (χ0) is 16.2. The first-order valence-corrected chi connectivity index (χ1v) is 7.52. The summed E-state index contributed by atoms with van der Waals surface area (Å²) < 4.78 is 16.0. The molecule has 2 amide bonds. The number of nitrogens with zero attached hydrogens (tertiary/aromatic N) is 2. The van der Waals surface area contributed by atoms with E-state index in [-0.39, 0.29) is 30.2 Å². The number of nitrogens with one attached hydrogen (secondary N) is 1. The van der Waals surface area contributed by atoms with Crippen LogP contribution in [0.1, 0.15) is 0 Å². The minimum Gasteiger partial charge on any atom is -0.454 e. The van der Waals surface area contributed by atoms with Crippen molar-refractivity contribution in [1.29, 1.82) is 0 Å². The summed E-state index contributed by atoms with van der Waals surface area (Å²) in [4.78, 5) is 22.0. The highest BCUT2D eigenvalue weighted by Gasteiger charge is 2.17. The molecule has 0 saturated heterocycles. The van der Waals surface area contributed by atoms with Crippen LogP contribution in [-0.4, -0.2) is 41.1 Å². The number of primary amides is 1. The minimum atomic E-state index is -0.605. The van der Waals surface area contributed by atoms with Crippen molar-refractivity contribution in [1.82, 2.24) is 15.5 Å². The van der Waals surface area contributed by atoms with Gasteiger partial charge in [-0.2, -0.15) is 0 Å². The fraction of sp³-hybridized carbons (Fsp3) is 0.231. The van der Waals surface area contributed by atoms with Crippen molar-refractivity contribution in [3.05, 3.63) is 18.2 Å². The van der Waals surface area contributed by atoms with Gasteiger partial charge >= 0.3 is 0 Å². The van der Waals surface area contributed by atoms with E-state index in [4.69, 9.17) is 19.6 Å². The Morgan fingerprint density at radius 3 is 2.91 bits per heavy atom. The van der Waals surface area contributed by atoms with E-state index >= 15 is 0 Å². The summed E-state index contributed by atoms with van der Waals surface area (Å²) >= 11 is 1.06. The predicted octanol–water partition coefficient (Wildman–Crippen LogP) is 0.159. The lowest BCUT2D eigenvalue weighted by molar-refractivity contribution is -0.123. The van der Waals surface area contributed by atoms with E-state index in [1.807, 2.05) is 0 Å². The molecule has 9 nitrogen and oxygen atoms in total. The van der Waals surface area contributed by atoms with Crippen LogP contribution in [0.3, 0.4) is 0 Å². The van der Waals surface area contributed by atoms with Gasteiger partial charge in [0.25, 0.3) is 5.22 Å². The van der Waals surface area contributed by atoms with Gasteiger partial charge in [0.15, 0.2) is 11.5 Å². The van der Waals surface area contributed by atoms with Crippen molar-refractivity contribution in [3.8, 4) is 23.0 Å². The second-order valence-electron chi connectivity index (χ2n) is 4.47. The number of hydrogen-bond acceptors (Lipinski definition) is 8. The van der Waals surface area contributed by atoms with E-state index in [2.05, 4.69) is 15.5 Å². The number of benzene rings is 1. The lowest BCUT2D eigenvalue weighted by atomic mass is 10.2. The average Bonchev–Trinajstić information content (AvgIpc) is 3.18. The van der Waals surface area contributed by atoms with Gasteiger partial charge in [-0.1, -0.05) is 11.8 Å². The second-order valence-corrected chi connectivity index (χ2v) is 5.40.